The van der Waals surface area contributed by atoms with Gasteiger partial charge in [0.15, 0.2) is 0 Å². The minimum Gasteiger partial charge on any atom is -0.480 e. The quantitative estimate of drug-likeness (QED) is 0.436. The molecule has 0 aromatic rings. The Morgan fingerprint density at radius 1 is 1.33 bits per heavy atom. The lowest BCUT2D eigenvalue weighted by Gasteiger charge is -2.13. The van der Waals surface area contributed by atoms with E-state index in [-0.39, 0.29) is 5.91 Å². The maximum atomic E-state index is 11.7. The molecule has 3 N–H and O–H groups in total. The number of rotatable bonds is 9. The Labute approximate surface area is 132 Å². The van der Waals surface area contributed by atoms with E-state index in [1.165, 1.54) is 12.2 Å². The van der Waals surface area contributed by atoms with Crippen LogP contribution in [-0.4, -0.2) is 46.5 Å². The number of carbonyl (C=O) groups excluding carboxylic acids is 2. The van der Waals surface area contributed by atoms with Crippen LogP contribution >= 0.6 is 21.6 Å². The summed E-state index contributed by atoms with van der Waals surface area (Å²) >= 11 is 0. The highest BCUT2D eigenvalue weighted by Crippen LogP contribution is 2.39. The van der Waals surface area contributed by atoms with Gasteiger partial charge in [-0.2, -0.15) is 0 Å². The average molecular weight is 334 g/mol. The molecule has 21 heavy (non-hydrogen) atoms. The van der Waals surface area contributed by atoms with Gasteiger partial charge in [-0.1, -0.05) is 28.0 Å². The van der Waals surface area contributed by atoms with Crippen molar-refractivity contribution in [3.05, 3.63) is 0 Å². The van der Waals surface area contributed by atoms with E-state index in [4.69, 9.17) is 5.11 Å². The van der Waals surface area contributed by atoms with Gasteiger partial charge >= 0.3 is 5.97 Å². The summed E-state index contributed by atoms with van der Waals surface area (Å²) in [5.74, 6) is -0.532. The first-order valence-electron chi connectivity index (χ1n) is 7.06. The van der Waals surface area contributed by atoms with E-state index >= 15 is 0 Å². The molecule has 1 saturated heterocycles. The van der Waals surface area contributed by atoms with Crippen molar-refractivity contribution in [2.45, 2.75) is 50.3 Å². The Morgan fingerprint density at radius 2 is 2.10 bits per heavy atom. The van der Waals surface area contributed by atoms with Gasteiger partial charge < -0.3 is 15.7 Å². The van der Waals surface area contributed by atoms with Crippen molar-refractivity contribution in [2.75, 3.05) is 12.3 Å². The number of hydrogen-bond donors (Lipinski definition) is 3. The topological polar surface area (TPSA) is 95.5 Å². The molecule has 0 aliphatic carbocycles. The molecule has 1 aliphatic heterocycles. The smallest absolute Gasteiger partial charge is 0.322 e. The van der Waals surface area contributed by atoms with Gasteiger partial charge in [0.05, 0.1) is 0 Å². The highest BCUT2D eigenvalue weighted by Gasteiger charge is 2.17. The fourth-order valence-electron chi connectivity index (χ4n) is 1.92. The molecule has 0 aromatic heterocycles. The summed E-state index contributed by atoms with van der Waals surface area (Å²) in [6.07, 6.45) is 4.63. The summed E-state index contributed by atoms with van der Waals surface area (Å²) in [6, 6.07) is -0.710. The van der Waals surface area contributed by atoms with Crippen LogP contribution in [0.4, 0.5) is 0 Å². The van der Waals surface area contributed by atoms with E-state index in [0.29, 0.717) is 6.42 Å². The molecule has 8 heteroatoms. The van der Waals surface area contributed by atoms with Crippen molar-refractivity contribution >= 4 is 39.4 Å². The van der Waals surface area contributed by atoms with Crippen LogP contribution in [0.25, 0.3) is 0 Å². The summed E-state index contributed by atoms with van der Waals surface area (Å²) in [4.78, 5) is 33.5. The Morgan fingerprint density at radius 3 is 2.71 bits per heavy atom. The van der Waals surface area contributed by atoms with Crippen molar-refractivity contribution in [1.29, 1.82) is 0 Å². The molecular formula is C13H22N2O4S2. The average Bonchev–Trinajstić information content (AvgIpc) is 2.94. The molecule has 1 rings (SSSR count). The van der Waals surface area contributed by atoms with Gasteiger partial charge in [0, 0.05) is 17.4 Å². The molecule has 6 nitrogen and oxygen atoms in total. The zero-order valence-corrected chi connectivity index (χ0v) is 13.7. The van der Waals surface area contributed by atoms with Gasteiger partial charge in [-0.25, -0.2) is 0 Å². The van der Waals surface area contributed by atoms with Crippen LogP contribution < -0.4 is 10.6 Å². The van der Waals surface area contributed by atoms with Crippen molar-refractivity contribution in [3.8, 4) is 0 Å². The number of carbonyl (C=O) groups is 3. The van der Waals surface area contributed by atoms with Crippen LogP contribution in [0.1, 0.15) is 39.0 Å². The molecule has 0 bridgehead atoms. The molecule has 1 aliphatic rings. The van der Waals surface area contributed by atoms with Gasteiger partial charge in [0.2, 0.25) is 11.8 Å². The molecule has 0 radical (unpaired) electrons. The van der Waals surface area contributed by atoms with Gasteiger partial charge in [-0.3, -0.25) is 14.4 Å². The van der Waals surface area contributed by atoms with Crippen LogP contribution in [-0.2, 0) is 14.4 Å². The number of hydrogen-bond acceptors (Lipinski definition) is 5. The van der Waals surface area contributed by atoms with Crippen molar-refractivity contribution in [1.82, 2.24) is 10.6 Å². The first-order chi connectivity index (χ1) is 9.99. The van der Waals surface area contributed by atoms with Crippen LogP contribution in [0.15, 0.2) is 0 Å². The highest BCUT2D eigenvalue weighted by atomic mass is 33.1. The Bertz CT molecular complexity index is 373. The summed E-state index contributed by atoms with van der Waals surface area (Å²) in [5.41, 5.74) is 0. The van der Waals surface area contributed by atoms with Crippen LogP contribution in [0.5, 0.6) is 0 Å². The van der Waals surface area contributed by atoms with Gasteiger partial charge in [0.1, 0.15) is 12.6 Å². The number of nitrogens with one attached hydrogen (secondary N) is 2. The van der Waals surface area contributed by atoms with E-state index < -0.39 is 24.5 Å². The van der Waals surface area contributed by atoms with E-state index in [1.807, 2.05) is 21.6 Å². The lowest BCUT2D eigenvalue weighted by molar-refractivity contribution is -0.138. The number of carboxylic acids is 1. The van der Waals surface area contributed by atoms with Crippen molar-refractivity contribution < 1.29 is 19.5 Å². The van der Waals surface area contributed by atoms with Crippen LogP contribution in [0.2, 0.25) is 0 Å². The third-order valence-electron chi connectivity index (χ3n) is 3.09. The Balaban J connectivity index is 2.08. The fourth-order valence-corrected chi connectivity index (χ4v) is 4.94. The summed E-state index contributed by atoms with van der Waals surface area (Å²) in [5, 5.41) is 14.0. The predicted octanol–water partition coefficient (Wildman–Crippen LogP) is 1.41. The lowest BCUT2D eigenvalue weighted by atomic mass is 10.1. The minimum atomic E-state index is -1.11. The second-order valence-electron chi connectivity index (χ2n) is 4.98. The Hall–Kier alpha value is -0.890. The molecule has 2 unspecified atom stereocenters. The van der Waals surface area contributed by atoms with E-state index in [1.54, 1.807) is 6.92 Å². The zero-order valence-electron chi connectivity index (χ0n) is 12.1. The van der Waals surface area contributed by atoms with Crippen molar-refractivity contribution in [2.24, 2.45) is 0 Å². The summed E-state index contributed by atoms with van der Waals surface area (Å²) in [6.45, 7) is 1.11. The van der Waals surface area contributed by atoms with Crippen LogP contribution in [0, 0.1) is 0 Å². The van der Waals surface area contributed by atoms with E-state index in [2.05, 4.69) is 10.6 Å². The van der Waals surface area contributed by atoms with Crippen LogP contribution in [0.3, 0.4) is 0 Å². The van der Waals surface area contributed by atoms with Gasteiger partial charge in [-0.05, 0) is 26.2 Å². The van der Waals surface area contributed by atoms with E-state index in [9.17, 15) is 14.4 Å². The molecule has 120 valence electrons. The normalized spacial score (nSPS) is 19.0. The molecule has 2 amide bonds. The minimum absolute atomic E-state index is 0.165. The number of amides is 2. The summed E-state index contributed by atoms with van der Waals surface area (Å²) in [7, 11) is 3.85. The fraction of sp³-hybridized carbons (Fsp3) is 0.769. The number of aliphatic carboxylic acids is 1. The molecule has 1 fully saturated rings. The molecular weight excluding hydrogens is 312 g/mol. The maximum Gasteiger partial charge on any atom is 0.322 e. The van der Waals surface area contributed by atoms with Gasteiger partial charge in [0.25, 0.3) is 0 Å². The largest absolute Gasteiger partial charge is 0.480 e. The second kappa shape index (κ2) is 9.94. The predicted molar refractivity (Wildman–Crippen MR) is 85.2 cm³/mol. The highest BCUT2D eigenvalue weighted by molar-refractivity contribution is 8.77. The summed E-state index contributed by atoms with van der Waals surface area (Å²) < 4.78 is 0. The molecule has 0 spiro atoms. The molecule has 0 aromatic carbocycles. The molecule has 2 atom stereocenters. The Kier molecular flexibility index (Phi) is 8.60. The second-order valence-corrected chi connectivity index (χ2v) is 7.76. The number of unbranched alkanes of at least 4 members (excludes halogenated alkanes) is 1. The standard InChI is InChI=1S/C13H22N2O4S2/c1-9(13(19)14-8-12(17)18)15-11(16)5-3-2-4-10-6-7-20-21-10/h9-10H,2-8H2,1H3,(H,14,19)(H,15,16)(H,17,18). The lowest BCUT2D eigenvalue weighted by Crippen LogP contribution is -2.46. The monoisotopic (exact) mass is 334 g/mol. The third-order valence-corrected chi connectivity index (χ3v) is 6.10. The SMILES string of the molecule is CC(NC(=O)CCCCC1CCSS1)C(=O)NCC(=O)O. The first kappa shape index (κ1) is 18.2. The maximum absolute atomic E-state index is 11.7. The first-order valence-corrected chi connectivity index (χ1v) is 9.44. The molecule has 0 saturated carbocycles. The van der Waals surface area contributed by atoms with E-state index in [0.717, 1.165) is 24.5 Å². The van der Waals surface area contributed by atoms with Gasteiger partial charge in [-0.15, -0.1) is 0 Å². The molecule has 1 heterocycles. The zero-order chi connectivity index (χ0) is 15.7. The van der Waals surface area contributed by atoms with Crippen molar-refractivity contribution in [3.63, 3.8) is 0 Å². The number of carboxylic acid groups (broad SMARTS) is 1. The third kappa shape index (κ3) is 8.21.